The second-order valence-corrected chi connectivity index (χ2v) is 4.78. The molecule has 82 valence electrons. The van der Waals surface area contributed by atoms with Crippen LogP contribution in [-0.2, 0) is 0 Å². The van der Waals surface area contributed by atoms with Crippen molar-refractivity contribution in [3.63, 3.8) is 0 Å². The molecule has 1 fully saturated rings. The Morgan fingerprint density at radius 2 is 2.19 bits per heavy atom. The number of nitrogens with zero attached hydrogens (tertiary/aromatic N) is 1. The van der Waals surface area contributed by atoms with Gasteiger partial charge in [0.1, 0.15) is 0 Å². The van der Waals surface area contributed by atoms with Crippen molar-refractivity contribution in [2.75, 3.05) is 11.9 Å². The summed E-state index contributed by atoms with van der Waals surface area (Å²) < 4.78 is 0. The molecule has 0 amide bonds. The lowest BCUT2D eigenvalue weighted by atomic mass is 10.2. The summed E-state index contributed by atoms with van der Waals surface area (Å²) in [6, 6.07) is 7.87. The van der Waals surface area contributed by atoms with Crippen molar-refractivity contribution < 1.29 is 0 Å². The van der Waals surface area contributed by atoms with Crippen molar-refractivity contribution in [1.82, 2.24) is 4.98 Å². The average Bonchev–Trinajstić information content (AvgIpc) is 3.09. The van der Waals surface area contributed by atoms with Crippen LogP contribution < -0.4 is 5.32 Å². The molecule has 0 atom stereocenters. The number of nitrogens with one attached hydrogen (secondary N) is 1. The first kappa shape index (κ1) is 9.91. The Bertz CT molecular complexity index is 520. The van der Waals surface area contributed by atoms with Crippen molar-refractivity contribution in [2.45, 2.75) is 12.8 Å². The summed E-state index contributed by atoms with van der Waals surface area (Å²) in [7, 11) is 0. The monoisotopic (exact) mass is 232 g/mol. The minimum Gasteiger partial charge on any atom is -0.384 e. The number of benzene rings is 1. The molecule has 1 aliphatic carbocycles. The number of anilines is 1. The van der Waals surface area contributed by atoms with Gasteiger partial charge in [-0.05, 0) is 43.0 Å². The normalized spacial score (nSPS) is 15.3. The van der Waals surface area contributed by atoms with Gasteiger partial charge < -0.3 is 5.32 Å². The van der Waals surface area contributed by atoms with E-state index in [1.54, 1.807) is 0 Å². The summed E-state index contributed by atoms with van der Waals surface area (Å²) in [5.41, 5.74) is 2.11. The van der Waals surface area contributed by atoms with Crippen LogP contribution in [0.25, 0.3) is 10.9 Å². The number of hydrogen-bond donors (Lipinski definition) is 1. The van der Waals surface area contributed by atoms with Crippen molar-refractivity contribution in [2.24, 2.45) is 5.92 Å². The highest BCUT2D eigenvalue weighted by Gasteiger charge is 2.20. The third-order valence-electron chi connectivity index (χ3n) is 2.98. The standard InChI is InChI=1S/C13H13ClN2/c14-10-3-4-11-12(16-8-9-1-2-9)5-6-15-13(11)7-10/h3-7,9H,1-2,8H2,(H,15,16). The molecule has 1 aliphatic rings. The van der Waals surface area contributed by atoms with Gasteiger partial charge in [-0.2, -0.15) is 0 Å². The Morgan fingerprint density at radius 1 is 1.31 bits per heavy atom. The van der Waals surface area contributed by atoms with Crippen LogP contribution in [0.15, 0.2) is 30.5 Å². The summed E-state index contributed by atoms with van der Waals surface area (Å²) in [5.74, 6) is 0.871. The molecule has 3 heteroatoms. The average molecular weight is 233 g/mol. The Balaban J connectivity index is 1.95. The van der Waals surface area contributed by atoms with Gasteiger partial charge in [-0.25, -0.2) is 0 Å². The van der Waals surface area contributed by atoms with E-state index in [-0.39, 0.29) is 0 Å². The molecule has 2 aromatic rings. The van der Waals surface area contributed by atoms with E-state index < -0.39 is 0 Å². The molecular weight excluding hydrogens is 220 g/mol. The molecule has 0 aliphatic heterocycles. The molecule has 1 aromatic carbocycles. The highest BCUT2D eigenvalue weighted by atomic mass is 35.5. The topological polar surface area (TPSA) is 24.9 Å². The maximum absolute atomic E-state index is 5.95. The van der Waals surface area contributed by atoms with E-state index in [1.165, 1.54) is 12.8 Å². The highest BCUT2D eigenvalue weighted by molar-refractivity contribution is 6.31. The van der Waals surface area contributed by atoms with Gasteiger partial charge in [0, 0.05) is 28.8 Å². The molecule has 0 saturated heterocycles. The predicted molar refractivity (Wildman–Crippen MR) is 68.0 cm³/mol. The fourth-order valence-corrected chi connectivity index (χ4v) is 2.02. The predicted octanol–water partition coefficient (Wildman–Crippen LogP) is 3.71. The Hall–Kier alpha value is -1.28. The maximum Gasteiger partial charge on any atom is 0.0737 e. The second-order valence-electron chi connectivity index (χ2n) is 4.34. The molecule has 1 heterocycles. The highest BCUT2D eigenvalue weighted by Crippen LogP contribution is 2.30. The summed E-state index contributed by atoms with van der Waals surface area (Å²) in [6.07, 6.45) is 4.55. The molecule has 1 saturated carbocycles. The van der Waals surface area contributed by atoms with Gasteiger partial charge in [-0.3, -0.25) is 4.98 Å². The van der Waals surface area contributed by atoms with Gasteiger partial charge in [-0.15, -0.1) is 0 Å². The van der Waals surface area contributed by atoms with Crippen molar-refractivity contribution in [1.29, 1.82) is 0 Å². The zero-order chi connectivity index (χ0) is 11.0. The molecule has 0 bridgehead atoms. The van der Waals surface area contributed by atoms with Gasteiger partial charge in [0.25, 0.3) is 0 Å². The van der Waals surface area contributed by atoms with E-state index in [0.717, 1.165) is 34.1 Å². The maximum atomic E-state index is 5.95. The molecule has 1 N–H and O–H groups in total. The lowest BCUT2D eigenvalue weighted by Crippen LogP contribution is -2.03. The van der Waals surface area contributed by atoms with Crippen LogP contribution in [0, 0.1) is 5.92 Å². The first-order valence-corrected chi connectivity index (χ1v) is 5.99. The molecule has 2 nitrogen and oxygen atoms in total. The van der Waals surface area contributed by atoms with Gasteiger partial charge in [0.2, 0.25) is 0 Å². The van der Waals surface area contributed by atoms with E-state index in [2.05, 4.69) is 10.3 Å². The van der Waals surface area contributed by atoms with Gasteiger partial charge in [0.05, 0.1) is 5.52 Å². The van der Waals surface area contributed by atoms with Crippen molar-refractivity contribution >= 4 is 28.2 Å². The van der Waals surface area contributed by atoms with Crippen LogP contribution in [-0.4, -0.2) is 11.5 Å². The minimum absolute atomic E-state index is 0.736. The molecule has 1 aromatic heterocycles. The van der Waals surface area contributed by atoms with Crippen molar-refractivity contribution in [3.8, 4) is 0 Å². The van der Waals surface area contributed by atoms with Crippen LogP contribution >= 0.6 is 11.6 Å². The molecule has 0 unspecified atom stereocenters. The van der Waals surface area contributed by atoms with E-state index in [1.807, 2.05) is 30.5 Å². The molecule has 3 rings (SSSR count). The third-order valence-corrected chi connectivity index (χ3v) is 3.22. The summed E-state index contributed by atoms with van der Waals surface area (Å²) in [5, 5.41) is 5.37. The number of halogens is 1. The first-order chi connectivity index (χ1) is 7.83. The lowest BCUT2D eigenvalue weighted by Gasteiger charge is -2.08. The molecule has 0 radical (unpaired) electrons. The number of pyridine rings is 1. The zero-order valence-electron chi connectivity index (χ0n) is 8.91. The van der Waals surface area contributed by atoms with E-state index >= 15 is 0 Å². The van der Waals surface area contributed by atoms with Gasteiger partial charge in [-0.1, -0.05) is 11.6 Å². The third kappa shape index (κ3) is 1.98. The first-order valence-electron chi connectivity index (χ1n) is 5.61. The summed E-state index contributed by atoms with van der Waals surface area (Å²) in [4.78, 5) is 4.32. The molecular formula is C13H13ClN2. The van der Waals surface area contributed by atoms with Gasteiger partial charge >= 0.3 is 0 Å². The van der Waals surface area contributed by atoms with Gasteiger partial charge in [0.15, 0.2) is 0 Å². The van der Waals surface area contributed by atoms with Crippen molar-refractivity contribution in [3.05, 3.63) is 35.5 Å². The Morgan fingerprint density at radius 3 is 3.00 bits per heavy atom. The minimum atomic E-state index is 0.736. The van der Waals surface area contributed by atoms with Crippen LogP contribution in [0.2, 0.25) is 5.02 Å². The Kier molecular flexibility index (Phi) is 2.44. The molecule has 0 spiro atoms. The SMILES string of the molecule is Clc1ccc2c(NCC3CC3)ccnc2c1. The number of hydrogen-bond acceptors (Lipinski definition) is 2. The van der Waals surface area contributed by atoms with Crippen LogP contribution in [0.3, 0.4) is 0 Å². The second kappa shape index (κ2) is 3.95. The van der Waals surface area contributed by atoms with E-state index in [0.29, 0.717) is 0 Å². The van der Waals surface area contributed by atoms with Crippen LogP contribution in [0.1, 0.15) is 12.8 Å². The lowest BCUT2D eigenvalue weighted by molar-refractivity contribution is 0.890. The summed E-state index contributed by atoms with van der Waals surface area (Å²) in [6.45, 7) is 1.07. The quantitative estimate of drug-likeness (QED) is 0.873. The largest absolute Gasteiger partial charge is 0.384 e. The fourth-order valence-electron chi connectivity index (χ4n) is 1.85. The number of aromatic nitrogens is 1. The van der Waals surface area contributed by atoms with E-state index in [9.17, 15) is 0 Å². The van der Waals surface area contributed by atoms with E-state index in [4.69, 9.17) is 11.6 Å². The summed E-state index contributed by atoms with van der Waals surface area (Å²) >= 11 is 5.95. The zero-order valence-corrected chi connectivity index (χ0v) is 9.67. The number of fused-ring (bicyclic) bond motifs is 1. The van der Waals surface area contributed by atoms with Crippen LogP contribution in [0.5, 0.6) is 0 Å². The molecule has 16 heavy (non-hydrogen) atoms. The Labute approximate surface area is 99.6 Å². The van der Waals surface area contributed by atoms with Crippen LogP contribution in [0.4, 0.5) is 5.69 Å². The fraction of sp³-hybridized carbons (Fsp3) is 0.308. The smallest absolute Gasteiger partial charge is 0.0737 e. The number of rotatable bonds is 3.